The summed E-state index contributed by atoms with van der Waals surface area (Å²) in [6, 6.07) is 1.81. The molecule has 2 rings (SSSR count). The van der Waals surface area contributed by atoms with Crippen LogP contribution in [0.3, 0.4) is 0 Å². The molecule has 16 heavy (non-hydrogen) atoms. The zero-order valence-corrected chi connectivity index (χ0v) is 10.5. The number of aliphatic hydroxyl groups excluding tert-OH is 1. The van der Waals surface area contributed by atoms with E-state index in [1.54, 1.807) is 12.3 Å². The van der Waals surface area contributed by atoms with E-state index >= 15 is 0 Å². The zero-order valence-electron chi connectivity index (χ0n) is 8.93. The Labute approximate surface area is 103 Å². The third kappa shape index (κ3) is 2.45. The summed E-state index contributed by atoms with van der Waals surface area (Å²) in [5, 5.41) is 16.7. The van der Waals surface area contributed by atoms with E-state index in [0.717, 1.165) is 17.0 Å². The number of aryl methyl sites for hydroxylation is 1. The Balaban J connectivity index is 2.07. The Bertz CT molecular complexity index is 466. The summed E-state index contributed by atoms with van der Waals surface area (Å²) < 4.78 is 1.85. The normalized spacial score (nSPS) is 12.9. The van der Waals surface area contributed by atoms with Crippen molar-refractivity contribution in [3.63, 3.8) is 0 Å². The predicted molar refractivity (Wildman–Crippen MR) is 65.9 cm³/mol. The second-order valence-corrected chi connectivity index (χ2v) is 4.91. The maximum Gasteiger partial charge on any atom is 0.0938 e. The van der Waals surface area contributed by atoms with Crippen LogP contribution in [-0.2, 0) is 13.0 Å². The van der Waals surface area contributed by atoms with Crippen LogP contribution in [0.1, 0.15) is 23.5 Å². The fourth-order valence-electron chi connectivity index (χ4n) is 1.54. The number of halogens is 1. The van der Waals surface area contributed by atoms with Gasteiger partial charge in [0.25, 0.3) is 0 Å². The molecule has 0 saturated heterocycles. The van der Waals surface area contributed by atoms with Gasteiger partial charge in [-0.05, 0) is 23.9 Å². The van der Waals surface area contributed by atoms with Crippen LogP contribution in [0.15, 0.2) is 23.8 Å². The molecule has 0 aliphatic carbocycles. The van der Waals surface area contributed by atoms with E-state index in [-0.39, 0.29) is 0 Å². The second-order valence-electron chi connectivity index (χ2n) is 3.56. The molecule has 0 fully saturated rings. The maximum atomic E-state index is 10.0. The largest absolute Gasteiger partial charge is 0.387 e. The summed E-state index contributed by atoms with van der Waals surface area (Å²) in [5.41, 5.74) is 1.03. The van der Waals surface area contributed by atoms with Gasteiger partial charge in [0, 0.05) is 19.2 Å². The molecule has 0 radical (unpaired) electrons. The molecule has 1 atom stereocenters. The fourth-order valence-corrected chi connectivity index (χ4v) is 2.71. The molecular weight excluding hydrogens is 244 g/mol. The molecule has 5 heteroatoms. The summed E-state index contributed by atoms with van der Waals surface area (Å²) >= 11 is 7.44. The van der Waals surface area contributed by atoms with Crippen LogP contribution >= 0.6 is 22.9 Å². The molecule has 1 unspecified atom stereocenters. The van der Waals surface area contributed by atoms with E-state index in [1.807, 2.05) is 23.2 Å². The average molecular weight is 257 g/mol. The van der Waals surface area contributed by atoms with Gasteiger partial charge < -0.3 is 5.11 Å². The number of thiophene rings is 1. The van der Waals surface area contributed by atoms with Crippen molar-refractivity contribution in [3.05, 3.63) is 39.3 Å². The van der Waals surface area contributed by atoms with Gasteiger partial charge in [0.05, 0.1) is 22.2 Å². The maximum absolute atomic E-state index is 10.0. The van der Waals surface area contributed by atoms with Crippen molar-refractivity contribution >= 4 is 22.9 Å². The number of hydrogen-bond acceptors (Lipinski definition) is 3. The highest BCUT2D eigenvalue weighted by Gasteiger charge is 2.14. The lowest BCUT2D eigenvalue weighted by molar-refractivity contribution is 0.182. The lowest BCUT2D eigenvalue weighted by Gasteiger charge is -2.07. The summed E-state index contributed by atoms with van der Waals surface area (Å²) in [5.74, 6) is 0. The minimum atomic E-state index is -0.540. The molecule has 0 aliphatic rings. The smallest absolute Gasteiger partial charge is 0.0938 e. The van der Waals surface area contributed by atoms with E-state index in [0.29, 0.717) is 11.4 Å². The van der Waals surface area contributed by atoms with E-state index in [1.165, 1.54) is 11.3 Å². The monoisotopic (exact) mass is 256 g/mol. The molecule has 0 amide bonds. The zero-order chi connectivity index (χ0) is 11.5. The van der Waals surface area contributed by atoms with Gasteiger partial charge in [0.2, 0.25) is 0 Å². The van der Waals surface area contributed by atoms with Crippen LogP contribution in [0.4, 0.5) is 0 Å². The molecule has 0 bridgehead atoms. The molecule has 2 aromatic rings. The molecule has 1 N–H and O–H groups in total. The number of aliphatic hydroxyl groups is 1. The van der Waals surface area contributed by atoms with Crippen molar-refractivity contribution in [2.24, 2.45) is 0 Å². The summed E-state index contributed by atoms with van der Waals surface area (Å²) in [4.78, 5) is 0.825. The molecule has 0 saturated carbocycles. The third-order valence-electron chi connectivity index (χ3n) is 2.39. The number of nitrogens with zero attached hydrogens (tertiary/aromatic N) is 2. The van der Waals surface area contributed by atoms with E-state index in [4.69, 9.17) is 11.6 Å². The van der Waals surface area contributed by atoms with Crippen molar-refractivity contribution in [2.75, 3.05) is 0 Å². The van der Waals surface area contributed by atoms with E-state index in [2.05, 4.69) is 5.10 Å². The van der Waals surface area contributed by atoms with Crippen molar-refractivity contribution in [1.82, 2.24) is 9.78 Å². The summed E-state index contributed by atoms with van der Waals surface area (Å²) in [6.07, 6.45) is 3.75. The average Bonchev–Trinajstić information content (AvgIpc) is 2.86. The van der Waals surface area contributed by atoms with Crippen molar-refractivity contribution in [2.45, 2.75) is 26.0 Å². The Morgan fingerprint density at radius 2 is 2.44 bits per heavy atom. The summed E-state index contributed by atoms with van der Waals surface area (Å²) in [7, 11) is 0. The first-order valence-electron chi connectivity index (χ1n) is 5.13. The lowest BCUT2D eigenvalue weighted by Crippen LogP contribution is -1.99. The SMILES string of the molecule is CCn1cc(CC(O)c2sccc2Cl)cn1. The molecule has 0 spiro atoms. The van der Waals surface area contributed by atoms with Crippen molar-refractivity contribution < 1.29 is 5.11 Å². The second kappa shape index (κ2) is 4.99. The van der Waals surface area contributed by atoms with Crippen LogP contribution in [0.25, 0.3) is 0 Å². The highest BCUT2D eigenvalue weighted by Crippen LogP contribution is 2.30. The number of aromatic nitrogens is 2. The molecular formula is C11H13ClN2OS. The highest BCUT2D eigenvalue weighted by atomic mass is 35.5. The van der Waals surface area contributed by atoms with Gasteiger partial charge in [-0.1, -0.05) is 11.6 Å². The highest BCUT2D eigenvalue weighted by molar-refractivity contribution is 7.10. The Morgan fingerprint density at radius 3 is 3.00 bits per heavy atom. The molecule has 86 valence electrons. The van der Waals surface area contributed by atoms with Crippen LogP contribution in [0.5, 0.6) is 0 Å². The van der Waals surface area contributed by atoms with Gasteiger partial charge in [-0.3, -0.25) is 4.68 Å². The Kier molecular flexibility index (Phi) is 3.63. The van der Waals surface area contributed by atoms with Crippen LogP contribution in [0.2, 0.25) is 5.02 Å². The van der Waals surface area contributed by atoms with Gasteiger partial charge in [-0.15, -0.1) is 11.3 Å². The standard InChI is InChI=1S/C11H13ClN2OS/c1-2-14-7-8(6-13-14)5-10(15)11-9(12)3-4-16-11/h3-4,6-7,10,15H,2,5H2,1H3. The molecule has 0 aromatic carbocycles. The lowest BCUT2D eigenvalue weighted by atomic mass is 10.1. The van der Waals surface area contributed by atoms with Crippen LogP contribution < -0.4 is 0 Å². The number of rotatable bonds is 4. The minimum absolute atomic E-state index is 0.540. The predicted octanol–water partition coefficient (Wildman–Crippen LogP) is 2.89. The molecule has 2 aromatic heterocycles. The Morgan fingerprint density at radius 1 is 1.62 bits per heavy atom. The van der Waals surface area contributed by atoms with Crippen LogP contribution in [-0.4, -0.2) is 14.9 Å². The van der Waals surface area contributed by atoms with Gasteiger partial charge in [-0.25, -0.2) is 0 Å². The number of hydrogen-bond donors (Lipinski definition) is 1. The van der Waals surface area contributed by atoms with Gasteiger partial charge in [-0.2, -0.15) is 5.10 Å². The van der Waals surface area contributed by atoms with Gasteiger partial charge in [0.1, 0.15) is 0 Å². The van der Waals surface area contributed by atoms with Crippen LogP contribution in [0, 0.1) is 0 Å². The van der Waals surface area contributed by atoms with E-state index in [9.17, 15) is 5.11 Å². The first kappa shape index (κ1) is 11.6. The quantitative estimate of drug-likeness (QED) is 0.914. The Hall–Kier alpha value is -0.840. The fraction of sp³-hybridized carbons (Fsp3) is 0.364. The first-order chi connectivity index (χ1) is 7.70. The van der Waals surface area contributed by atoms with E-state index < -0.39 is 6.10 Å². The molecule has 3 nitrogen and oxygen atoms in total. The van der Waals surface area contributed by atoms with Crippen molar-refractivity contribution in [1.29, 1.82) is 0 Å². The van der Waals surface area contributed by atoms with Crippen molar-refractivity contribution in [3.8, 4) is 0 Å². The minimum Gasteiger partial charge on any atom is -0.387 e. The summed E-state index contributed by atoms with van der Waals surface area (Å²) in [6.45, 7) is 2.87. The topological polar surface area (TPSA) is 38.0 Å². The van der Waals surface area contributed by atoms with Gasteiger partial charge >= 0.3 is 0 Å². The molecule has 0 aliphatic heterocycles. The third-order valence-corrected chi connectivity index (χ3v) is 3.85. The van der Waals surface area contributed by atoms with Gasteiger partial charge in [0.15, 0.2) is 0 Å². The first-order valence-corrected chi connectivity index (χ1v) is 6.38. The molecule has 2 heterocycles.